The fourth-order valence-corrected chi connectivity index (χ4v) is 3.96. The zero-order valence-electron chi connectivity index (χ0n) is 11.8. The molecule has 0 radical (unpaired) electrons. The Morgan fingerprint density at radius 2 is 1.91 bits per heavy atom. The maximum absolute atomic E-state index is 12.0. The summed E-state index contributed by atoms with van der Waals surface area (Å²) in [6, 6.07) is 8.20. The predicted octanol–water partition coefficient (Wildman–Crippen LogP) is 2.37. The van der Waals surface area contributed by atoms with Crippen molar-refractivity contribution in [2.24, 2.45) is 0 Å². The Bertz CT molecular complexity index is 749. The monoisotopic (exact) mass is 336 g/mol. The van der Waals surface area contributed by atoms with Gasteiger partial charge in [-0.2, -0.15) is 11.3 Å². The van der Waals surface area contributed by atoms with E-state index < -0.39 is 10.0 Å². The summed E-state index contributed by atoms with van der Waals surface area (Å²) in [6.45, 7) is 0. The summed E-state index contributed by atoms with van der Waals surface area (Å²) in [5.74, 6) is -0.120. The number of anilines is 1. The first-order valence-electron chi connectivity index (χ1n) is 6.96. The summed E-state index contributed by atoms with van der Waals surface area (Å²) >= 11 is 1.55. The molecule has 0 aliphatic heterocycles. The van der Waals surface area contributed by atoms with Gasteiger partial charge in [-0.3, -0.25) is 4.79 Å². The van der Waals surface area contributed by atoms with Gasteiger partial charge in [-0.05, 0) is 59.5 Å². The van der Waals surface area contributed by atoms with Crippen molar-refractivity contribution < 1.29 is 13.2 Å². The number of thiophene rings is 1. The molecular weight excluding hydrogens is 320 g/mol. The van der Waals surface area contributed by atoms with E-state index in [1.807, 2.05) is 16.8 Å². The maximum Gasteiger partial charge on any atom is 0.240 e. The van der Waals surface area contributed by atoms with E-state index in [-0.39, 0.29) is 16.8 Å². The number of sulfonamides is 1. The number of hydrogen-bond donors (Lipinski definition) is 2. The van der Waals surface area contributed by atoms with Gasteiger partial charge in [0.25, 0.3) is 0 Å². The molecule has 116 valence electrons. The lowest BCUT2D eigenvalue weighted by molar-refractivity contribution is -0.115. The molecule has 5 nitrogen and oxygen atoms in total. The number of nitrogens with one attached hydrogen (secondary N) is 2. The second-order valence-corrected chi connectivity index (χ2v) is 7.77. The van der Waals surface area contributed by atoms with Crippen LogP contribution < -0.4 is 10.0 Å². The van der Waals surface area contributed by atoms with Gasteiger partial charge in [-0.25, -0.2) is 13.1 Å². The third-order valence-electron chi connectivity index (χ3n) is 3.29. The SMILES string of the molecule is O=C(Cc1ccsc1)Nc1ccc(S(=O)(=O)NC2CC2)cc1. The second-order valence-electron chi connectivity index (χ2n) is 5.28. The Kier molecular flexibility index (Phi) is 4.28. The molecule has 0 atom stereocenters. The number of carbonyl (C=O) groups is 1. The Hall–Kier alpha value is -1.70. The smallest absolute Gasteiger partial charge is 0.240 e. The number of carbonyl (C=O) groups excluding carboxylic acids is 1. The molecule has 1 heterocycles. The van der Waals surface area contributed by atoms with Gasteiger partial charge in [0.05, 0.1) is 11.3 Å². The van der Waals surface area contributed by atoms with Crippen molar-refractivity contribution in [2.45, 2.75) is 30.2 Å². The summed E-state index contributed by atoms with van der Waals surface area (Å²) in [5, 5.41) is 6.62. The van der Waals surface area contributed by atoms with Crippen molar-refractivity contribution >= 4 is 33.0 Å². The van der Waals surface area contributed by atoms with Crippen LogP contribution in [-0.2, 0) is 21.2 Å². The number of rotatable bonds is 6. The van der Waals surface area contributed by atoms with Gasteiger partial charge in [0, 0.05) is 11.7 Å². The van der Waals surface area contributed by atoms with E-state index in [1.54, 1.807) is 23.5 Å². The summed E-state index contributed by atoms with van der Waals surface area (Å²) in [4.78, 5) is 12.1. The normalized spacial score (nSPS) is 14.7. The van der Waals surface area contributed by atoms with E-state index in [4.69, 9.17) is 0 Å². The van der Waals surface area contributed by atoms with Crippen LogP contribution in [0.15, 0.2) is 46.0 Å². The lowest BCUT2D eigenvalue weighted by Crippen LogP contribution is -2.25. The van der Waals surface area contributed by atoms with Gasteiger partial charge < -0.3 is 5.32 Å². The first kappa shape index (κ1) is 15.2. The molecule has 2 N–H and O–H groups in total. The van der Waals surface area contributed by atoms with Crippen molar-refractivity contribution in [1.82, 2.24) is 4.72 Å². The minimum Gasteiger partial charge on any atom is -0.326 e. The Morgan fingerprint density at radius 3 is 2.50 bits per heavy atom. The molecule has 1 amide bonds. The van der Waals surface area contributed by atoms with Crippen LogP contribution in [0.4, 0.5) is 5.69 Å². The molecule has 1 aromatic heterocycles. The van der Waals surface area contributed by atoms with E-state index in [1.165, 1.54) is 12.1 Å². The molecule has 1 aliphatic rings. The largest absolute Gasteiger partial charge is 0.326 e. The number of benzene rings is 1. The maximum atomic E-state index is 12.0. The highest BCUT2D eigenvalue weighted by Gasteiger charge is 2.27. The molecule has 3 rings (SSSR count). The minimum atomic E-state index is -3.44. The molecule has 22 heavy (non-hydrogen) atoms. The van der Waals surface area contributed by atoms with Gasteiger partial charge in [0.15, 0.2) is 0 Å². The van der Waals surface area contributed by atoms with Crippen LogP contribution in [0.1, 0.15) is 18.4 Å². The third kappa shape index (κ3) is 3.94. The second kappa shape index (κ2) is 6.20. The number of hydrogen-bond acceptors (Lipinski definition) is 4. The molecule has 0 spiro atoms. The highest BCUT2D eigenvalue weighted by Crippen LogP contribution is 2.22. The lowest BCUT2D eigenvalue weighted by Gasteiger charge is -2.08. The zero-order chi connectivity index (χ0) is 15.6. The molecular formula is C15H16N2O3S2. The van der Waals surface area contributed by atoms with Gasteiger partial charge in [0.1, 0.15) is 0 Å². The van der Waals surface area contributed by atoms with Crippen molar-refractivity contribution in [3.63, 3.8) is 0 Å². The van der Waals surface area contributed by atoms with E-state index in [9.17, 15) is 13.2 Å². The molecule has 0 bridgehead atoms. The highest BCUT2D eigenvalue weighted by atomic mass is 32.2. The van der Waals surface area contributed by atoms with Crippen molar-refractivity contribution in [2.75, 3.05) is 5.32 Å². The Morgan fingerprint density at radius 1 is 1.18 bits per heavy atom. The molecule has 0 saturated heterocycles. The standard InChI is InChI=1S/C15H16N2O3S2/c18-15(9-11-7-8-21-10-11)16-12-3-5-14(6-4-12)22(19,20)17-13-1-2-13/h3-8,10,13,17H,1-2,9H2,(H,16,18). The quantitative estimate of drug-likeness (QED) is 0.850. The minimum absolute atomic E-state index is 0.0787. The summed E-state index contributed by atoms with van der Waals surface area (Å²) in [5.41, 5.74) is 1.56. The summed E-state index contributed by atoms with van der Waals surface area (Å²) in [6.07, 6.45) is 2.11. The van der Waals surface area contributed by atoms with Gasteiger partial charge >= 0.3 is 0 Å². The molecule has 1 fully saturated rings. The van der Waals surface area contributed by atoms with Gasteiger partial charge in [-0.1, -0.05) is 0 Å². The zero-order valence-corrected chi connectivity index (χ0v) is 13.4. The molecule has 0 unspecified atom stereocenters. The van der Waals surface area contributed by atoms with Crippen molar-refractivity contribution in [1.29, 1.82) is 0 Å². The molecule has 1 aliphatic carbocycles. The van der Waals surface area contributed by atoms with Gasteiger partial charge in [-0.15, -0.1) is 0 Å². The summed E-state index contributed by atoms with van der Waals surface area (Å²) in [7, 11) is -3.44. The van der Waals surface area contributed by atoms with Crippen LogP contribution in [0.25, 0.3) is 0 Å². The van der Waals surface area contributed by atoms with Crippen molar-refractivity contribution in [3.8, 4) is 0 Å². The lowest BCUT2D eigenvalue weighted by atomic mass is 10.2. The Labute approximate surface area is 133 Å². The molecule has 1 aromatic carbocycles. The fourth-order valence-electron chi connectivity index (χ4n) is 1.99. The first-order chi connectivity index (χ1) is 10.5. The van der Waals surface area contributed by atoms with Crippen LogP contribution in [0.3, 0.4) is 0 Å². The molecule has 1 saturated carbocycles. The van der Waals surface area contributed by atoms with E-state index in [0.717, 1.165) is 18.4 Å². The van der Waals surface area contributed by atoms with Gasteiger partial charge in [0.2, 0.25) is 15.9 Å². The molecule has 2 aromatic rings. The average Bonchev–Trinajstić information content (AvgIpc) is 3.12. The third-order valence-corrected chi connectivity index (χ3v) is 5.56. The fraction of sp³-hybridized carbons (Fsp3) is 0.267. The Balaban J connectivity index is 1.62. The van der Waals surface area contributed by atoms with E-state index in [2.05, 4.69) is 10.0 Å². The number of amides is 1. The van der Waals surface area contributed by atoms with Crippen LogP contribution in [-0.4, -0.2) is 20.4 Å². The van der Waals surface area contributed by atoms with Crippen LogP contribution >= 0.6 is 11.3 Å². The highest BCUT2D eigenvalue weighted by molar-refractivity contribution is 7.89. The predicted molar refractivity (Wildman–Crippen MR) is 86.4 cm³/mol. The topological polar surface area (TPSA) is 75.3 Å². The average molecular weight is 336 g/mol. The molecule has 7 heteroatoms. The first-order valence-corrected chi connectivity index (χ1v) is 9.39. The van der Waals surface area contributed by atoms with Crippen molar-refractivity contribution in [3.05, 3.63) is 46.7 Å². The summed E-state index contributed by atoms with van der Waals surface area (Å²) < 4.78 is 26.7. The van der Waals surface area contributed by atoms with Crippen LogP contribution in [0.5, 0.6) is 0 Å². The van der Waals surface area contributed by atoms with E-state index >= 15 is 0 Å². The van der Waals surface area contributed by atoms with Crippen LogP contribution in [0, 0.1) is 0 Å². The van der Waals surface area contributed by atoms with E-state index in [0.29, 0.717) is 12.1 Å². The van der Waals surface area contributed by atoms with Crippen LogP contribution in [0.2, 0.25) is 0 Å².